The second kappa shape index (κ2) is 5.50. The van der Waals surface area contributed by atoms with Crippen LogP contribution in [0.25, 0.3) is 0 Å². The van der Waals surface area contributed by atoms with Crippen LogP contribution in [0.5, 0.6) is 0 Å². The fourth-order valence-corrected chi connectivity index (χ4v) is 4.44. The van der Waals surface area contributed by atoms with E-state index in [0.717, 1.165) is 0 Å². The minimum Gasteiger partial charge on any atom is -0.322 e. The first-order chi connectivity index (χ1) is 10.1. The normalized spacial score (nSPS) is 16.9. The van der Waals surface area contributed by atoms with Gasteiger partial charge in [0, 0.05) is 17.6 Å². The maximum Gasteiger partial charge on any atom is 0.256 e. The summed E-state index contributed by atoms with van der Waals surface area (Å²) >= 11 is 1.46. The van der Waals surface area contributed by atoms with Gasteiger partial charge >= 0.3 is 0 Å². The minimum atomic E-state index is -3.16. The van der Waals surface area contributed by atoms with Gasteiger partial charge in [-0.05, 0) is 42.1 Å². The Morgan fingerprint density at radius 2 is 1.95 bits per heavy atom. The van der Waals surface area contributed by atoms with Crippen LogP contribution in [0.1, 0.15) is 16.8 Å². The molecule has 2 aromatic rings. The van der Waals surface area contributed by atoms with E-state index in [9.17, 15) is 13.2 Å². The van der Waals surface area contributed by atoms with Gasteiger partial charge in [0.25, 0.3) is 5.91 Å². The van der Waals surface area contributed by atoms with E-state index in [1.54, 1.807) is 35.7 Å². The quantitative estimate of drug-likeness (QED) is 0.944. The predicted molar refractivity (Wildman–Crippen MR) is 84.5 cm³/mol. The highest BCUT2D eigenvalue weighted by Crippen LogP contribution is 2.25. The summed E-state index contributed by atoms with van der Waals surface area (Å²) in [6, 6.07) is 8.62. The van der Waals surface area contributed by atoms with Crippen LogP contribution < -0.4 is 9.62 Å². The molecule has 0 aliphatic carbocycles. The number of hydrogen-bond donors (Lipinski definition) is 1. The molecule has 0 radical (unpaired) electrons. The first-order valence-corrected chi connectivity index (χ1v) is 9.05. The summed E-state index contributed by atoms with van der Waals surface area (Å²) in [5.41, 5.74) is 1.90. The zero-order valence-corrected chi connectivity index (χ0v) is 12.8. The van der Waals surface area contributed by atoms with Crippen LogP contribution in [0, 0.1) is 0 Å². The maximum absolute atomic E-state index is 11.9. The van der Waals surface area contributed by atoms with Crippen molar-refractivity contribution in [2.24, 2.45) is 0 Å². The van der Waals surface area contributed by atoms with E-state index in [4.69, 9.17) is 0 Å². The molecule has 0 atom stereocenters. The Hall–Kier alpha value is -1.86. The monoisotopic (exact) mass is 322 g/mol. The number of anilines is 2. The molecule has 0 spiro atoms. The Balaban J connectivity index is 1.74. The second-order valence-corrected chi connectivity index (χ2v) is 7.55. The molecule has 110 valence electrons. The van der Waals surface area contributed by atoms with Gasteiger partial charge in [-0.2, -0.15) is 11.3 Å². The third-order valence-corrected chi connectivity index (χ3v) is 5.85. The topological polar surface area (TPSA) is 66.5 Å². The summed E-state index contributed by atoms with van der Waals surface area (Å²) < 4.78 is 25.1. The molecule has 0 bridgehead atoms. The molecule has 3 rings (SSSR count). The lowest BCUT2D eigenvalue weighted by Gasteiger charge is -2.17. The number of amides is 1. The number of nitrogens with one attached hydrogen (secondary N) is 1. The summed E-state index contributed by atoms with van der Waals surface area (Å²) in [7, 11) is -3.16. The number of hydrogen-bond acceptors (Lipinski definition) is 4. The summed E-state index contributed by atoms with van der Waals surface area (Å²) in [4.78, 5) is 11.9. The Morgan fingerprint density at radius 1 is 1.19 bits per heavy atom. The van der Waals surface area contributed by atoms with Crippen LogP contribution in [0.2, 0.25) is 0 Å². The lowest BCUT2D eigenvalue weighted by atomic mass is 10.2. The summed E-state index contributed by atoms with van der Waals surface area (Å²) in [6.07, 6.45) is 0.652. The lowest BCUT2D eigenvalue weighted by molar-refractivity contribution is 0.102. The van der Waals surface area contributed by atoms with Crippen LogP contribution in [-0.4, -0.2) is 26.6 Å². The van der Waals surface area contributed by atoms with Gasteiger partial charge in [0.15, 0.2) is 0 Å². The summed E-state index contributed by atoms with van der Waals surface area (Å²) in [6.45, 7) is 0.517. The number of sulfonamides is 1. The SMILES string of the molecule is O=C(Nc1ccc(N2CCCS2(=O)=O)cc1)c1ccsc1. The van der Waals surface area contributed by atoms with Gasteiger partial charge in [-0.1, -0.05) is 0 Å². The van der Waals surface area contributed by atoms with Crippen LogP contribution in [0.3, 0.4) is 0 Å². The molecule has 1 aromatic heterocycles. The first kappa shape index (κ1) is 14.1. The van der Waals surface area contributed by atoms with Gasteiger partial charge < -0.3 is 5.32 Å². The maximum atomic E-state index is 11.9. The third-order valence-electron chi connectivity index (χ3n) is 3.30. The largest absolute Gasteiger partial charge is 0.322 e. The number of rotatable bonds is 3. The van der Waals surface area contributed by atoms with Crippen molar-refractivity contribution in [2.75, 3.05) is 21.9 Å². The van der Waals surface area contributed by atoms with Gasteiger partial charge in [0.2, 0.25) is 10.0 Å². The van der Waals surface area contributed by atoms with Crippen molar-refractivity contribution < 1.29 is 13.2 Å². The molecule has 1 aromatic carbocycles. The van der Waals surface area contributed by atoms with Crippen molar-refractivity contribution in [3.8, 4) is 0 Å². The number of thiophene rings is 1. The van der Waals surface area contributed by atoms with Crippen LogP contribution in [0.15, 0.2) is 41.1 Å². The van der Waals surface area contributed by atoms with Crippen LogP contribution >= 0.6 is 11.3 Å². The number of benzene rings is 1. The standard InChI is InChI=1S/C14H14N2O3S2/c17-14(11-6-8-20-10-11)15-12-2-4-13(5-3-12)16-7-1-9-21(16,18)19/h2-6,8,10H,1,7,9H2,(H,15,17). The molecule has 1 aliphatic heterocycles. The predicted octanol–water partition coefficient (Wildman–Crippen LogP) is 2.54. The highest BCUT2D eigenvalue weighted by molar-refractivity contribution is 7.93. The smallest absolute Gasteiger partial charge is 0.256 e. The van der Waals surface area contributed by atoms with E-state index in [-0.39, 0.29) is 11.7 Å². The molecule has 1 amide bonds. The summed E-state index contributed by atoms with van der Waals surface area (Å²) in [5.74, 6) is 0.0293. The van der Waals surface area contributed by atoms with Crippen LogP contribution in [-0.2, 0) is 10.0 Å². The highest BCUT2D eigenvalue weighted by Gasteiger charge is 2.28. The zero-order chi connectivity index (χ0) is 14.9. The second-order valence-electron chi connectivity index (χ2n) is 4.75. The van der Waals surface area contributed by atoms with Crippen molar-refractivity contribution in [3.63, 3.8) is 0 Å². The first-order valence-electron chi connectivity index (χ1n) is 6.50. The van der Waals surface area contributed by atoms with E-state index in [1.807, 2.05) is 5.38 Å². The van der Waals surface area contributed by atoms with E-state index in [2.05, 4.69) is 5.32 Å². The van der Waals surface area contributed by atoms with Crippen molar-refractivity contribution in [1.29, 1.82) is 0 Å². The fraction of sp³-hybridized carbons (Fsp3) is 0.214. The van der Waals surface area contributed by atoms with Crippen molar-refractivity contribution in [2.45, 2.75) is 6.42 Å². The van der Waals surface area contributed by atoms with Crippen molar-refractivity contribution >= 4 is 38.6 Å². The van der Waals surface area contributed by atoms with E-state index in [0.29, 0.717) is 29.9 Å². The molecule has 21 heavy (non-hydrogen) atoms. The molecule has 1 fully saturated rings. The van der Waals surface area contributed by atoms with Crippen LogP contribution in [0.4, 0.5) is 11.4 Å². The van der Waals surface area contributed by atoms with Crippen molar-refractivity contribution in [3.05, 3.63) is 46.7 Å². The molecule has 1 saturated heterocycles. The minimum absolute atomic E-state index is 0.169. The Kier molecular flexibility index (Phi) is 3.69. The molecular weight excluding hydrogens is 308 g/mol. The van der Waals surface area contributed by atoms with Gasteiger partial charge in [0.05, 0.1) is 17.0 Å². The number of carbonyl (C=O) groups excluding carboxylic acids is 1. The van der Waals surface area contributed by atoms with Gasteiger partial charge in [-0.15, -0.1) is 0 Å². The molecule has 5 nitrogen and oxygen atoms in total. The molecule has 2 heterocycles. The fourth-order valence-electron chi connectivity index (χ4n) is 2.24. The van der Waals surface area contributed by atoms with E-state index < -0.39 is 10.0 Å². The molecule has 0 unspecified atom stereocenters. The molecule has 1 aliphatic rings. The van der Waals surface area contributed by atoms with Gasteiger partial charge in [-0.25, -0.2) is 8.42 Å². The molecule has 0 saturated carbocycles. The summed E-state index contributed by atoms with van der Waals surface area (Å²) in [5, 5.41) is 6.40. The van der Waals surface area contributed by atoms with E-state index in [1.165, 1.54) is 15.6 Å². The number of nitrogens with zero attached hydrogens (tertiary/aromatic N) is 1. The third kappa shape index (κ3) is 2.93. The lowest BCUT2D eigenvalue weighted by Crippen LogP contribution is -2.24. The van der Waals surface area contributed by atoms with E-state index >= 15 is 0 Å². The molecule has 7 heteroatoms. The van der Waals surface area contributed by atoms with Crippen molar-refractivity contribution in [1.82, 2.24) is 0 Å². The zero-order valence-electron chi connectivity index (χ0n) is 11.2. The highest BCUT2D eigenvalue weighted by atomic mass is 32.2. The average Bonchev–Trinajstić information content (AvgIpc) is 3.09. The van der Waals surface area contributed by atoms with Gasteiger partial charge in [0.1, 0.15) is 0 Å². The molecule has 1 N–H and O–H groups in total. The molecular formula is C14H14N2O3S2. The van der Waals surface area contributed by atoms with Gasteiger partial charge in [-0.3, -0.25) is 9.10 Å². The number of carbonyl (C=O) groups is 1. The Labute approximate surface area is 127 Å². The average molecular weight is 322 g/mol. The Bertz CT molecular complexity index is 737. The Morgan fingerprint density at radius 3 is 2.52 bits per heavy atom.